The summed E-state index contributed by atoms with van der Waals surface area (Å²) >= 11 is 1.41. The molecule has 0 fully saturated rings. The van der Waals surface area contributed by atoms with Gasteiger partial charge in [0.05, 0.1) is 12.1 Å². The zero-order valence-corrected chi connectivity index (χ0v) is 12.0. The molecule has 21 heavy (non-hydrogen) atoms. The largest absolute Gasteiger partial charge is 0.302 e. The zero-order valence-electron chi connectivity index (χ0n) is 11.2. The summed E-state index contributed by atoms with van der Waals surface area (Å²) in [7, 11) is 0. The van der Waals surface area contributed by atoms with E-state index >= 15 is 0 Å². The maximum atomic E-state index is 12.0. The number of pyridine rings is 1. The molecule has 1 aromatic carbocycles. The lowest BCUT2D eigenvalue weighted by Gasteiger charge is -2.01. The number of anilines is 1. The lowest BCUT2D eigenvalue weighted by molar-refractivity contribution is -0.115. The second-order valence-electron chi connectivity index (χ2n) is 4.49. The van der Waals surface area contributed by atoms with E-state index in [2.05, 4.69) is 15.3 Å². The number of hydrogen-bond donors (Lipinski definition) is 1. The summed E-state index contributed by atoms with van der Waals surface area (Å²) in [6, 6.07) is 13.5. The smallest absolute Gasteiger partial charge is 0.230 e. The first-order valence-electron chi connectivity index (χ1n) is 6.51. The zero-order chi connectivity index (χ0) is 14.5. The minimum Gasteiger partial charge on any atom is -0.302 e. The van der Waals surface area contributed by atoms with Crippen molar-refractivity contribution in [1.29, 1.82) is 0 Å². The van der Waals surface area contributed by atoms with Gasteiger partial charge in [0, 0.05) is 23.3 Å². The van der Waals surface area contributed by atoms with Crippen molar-refractivity contribution in [1.82, 2.24) is 9.97 Å². The number of benzene rings is 1. The molecule has 2 heterocycles. The Morgan fingerprint density at radius 2 is 2.00 bits per heavy atom. The molecule has 0 atom stereocenters. The van der Waals surface area contributed by atoms with Crippen LogP contribution in [0.2, 0.25) is 0 Å². The van der Waals surface area contributed by atoms with Gasteiger partial charge in [0.15, 0.2) is 5.13 Å². The van der Waals surface area contributed by atoms with Gasteiger partial charge in [-0.05, 0) is 17.7 Å². The Labute approximate surface area is 126 Å². The first-order chi connectivity index (χ1) is 10.3. The van der Waals surface area contributed by atoms with Gasteiger partial charge in [0.1, 0.15) is 0 Å². The fourth-order valence-electron chi connectivity index (χ4n) is 1.92. The summed E-state index contributed by atoms with van der Waals surface area (Å²) in [4.78, 5) is 20.4. The predicted molar refractivity (Wildman–Crippen MR) is 84.1 cm³/mol. The highest BCUT2D eigenvalue weighted by Gasteiger charge is 2.08. The van der Waals surface area contributed by atoms with Crippen LogP contribution in [0.1, 0.15) is 5.56 Å². The number of carbonyl (C=O) groups excluding carboxylic acids is 1. The summed E-state index contributed by atoms with van der Waals surface area (Å²) in [5.41, 5.74) is 2.75. The molecule has 0 bridgehead atoms. The van der Waals surface area contributed by atoms with Crippen LogP contribution in [0.3, 0.4) is 0 Å². The summed E-state index contributed by atoms with van der Waals surface area (Å²) in [6.45, 7) is 0. The van der Waals surface area contributed by atoms with E-state index in [1.807, 2.05) is 47.8 Å². The summed E-state index contributed by atoms with van der Waals surface area (Å²) in [5.74, 6) is -0.0618. The molecule has 0 saturated heterocycles. The Morgan fingerprint density at radius 3 is 2.76 bits per heavy atom. The predicted octanol–water partition coefficient (Wildman–Crippen LogP) is 3.39. The van der Waals surface area contributed by atoms with Crippen molar-refractivity contribution in [2.75, 3.05) is 5.32 Å². The lowest BCUT2D eigenvalue weighted by Crippen LogP contribution is -2.14. The minimum absolute atomic E-state index is 0.0618. The van der Waals surface area contributed by atoms with E-state index in [1.165, 1.54) is 11.3 Å². The number of rotatable bonds is 4. The normalized spacial score (nSPS) is 10.3. The number of aromatic nitrogens is 2. The van der Waals surface area contributed by atoms with Crippen LogP contribution in [-0.2, 0) is 11.2 Å². The molecule has 104 valence electrons. The molecule has 0 aliphatic rings. The summed E-state index contributed by atoms with van der Waals surface area (Å²) < 4.78 is 0. The van der Waals surface area contributed by atoms with E-state index in [4.69, 9.17) is 0 Å². The number of carbonyl (C=O) groups is 1. The number of nitrogens with one attached hydrogen (secondary N) is 1. The van der Waals surface area contributed by atoms with Gasteiger partial charge in [-0.3, -0.25) is 9.78 Å². The lowest BCUT2D eigenvalue weighted by atomic mass is 10.1. The van der Waals surface area contributed by atoms with Crippen molar-refractivity contribution >= 4 is 22.4 Å². The van der Waals surface area contributed by atoms with Gasteiger partial charge < -0.3 is 5.32 Å². The van der Waals surface area contributed by atoms with Gasteiger partial charge in [-0.2, -0.15) is 0 Å². The van der Waals surface area contributed by atoms with E-state index < -0.39 is 0 Å². The number of thiazole rings is 1. The molecular weight excluding hydrogens is 282 g/mol. The van der Waals surface area contributed by atoms with Crippen molar-refractivity contribution in [3.8, 4) is 11.3 Å². The third-order valence-corrected chi connectivity index (χ3v) is 3.67. The average Bonchev–Trinajstić information content (AvgIpc) is 2.97. The van der Waals surface area contributed by atoms with Crippen LogP contribution in [0, 0.1) is 0 Å². The Bertz CT molecular complexity index is 726. The second kappa shape index (κ2) is 6.28. The molecule has 5 heteroatoms. The van der Waals surface area contributed by atoms with Crippen LogP contribution in [0.4, 0.5) is 5.13 Å². The fraction of sp³-hybridized carbons (Fsp3) is 0.0625. The van der Waals surface area contributed by atoms with E-state index in [-0.39, 0.29) is 5.91 Å². The number of hydrogen-bond acceptors (Lipinski definition) is 4. The molecule has 2 aromatic heterocycles. The molecule has 3 rings (SSSR count). The van der Waals surface area contributed by atoms with E-state index in [1.54, 1.807) is 12.4 Å². The van der Waals surface area contributed by atoms with Crippen LogP contribution in [0.25, 0.3) is 11.3 Å². The summed E-state index contributed by atoms with van der Waals surface area (Å²) in [5, 5.41) is 5.35. The van der Waals surface area contributed by atoms with Crippen LogP contribution >= 0.6 is 11.3 Å². The molecule has 0 saturated carbocycles. The molecule has 1 N–H and O–H groups in total. The topological polar surface area (TPSA) is 54.9 Å². The molecule has 3 aromatic rings. The van der Waals surface area contributed by atoms with E-state index in [9.17, 15) is 4.79 Å². The van der Waals surface area contributed by atoms with Crippen molar-refractivity contribution in [2.45, 2.75) is 6.42 Å². The van der Waals surface area contributed by atoms with Crippen LogP contribution in [-0.4, -0.2) is 15.9 Å². The maximum Gasteiger partial charge on any atom is 0.230 e. The average molecular weight is 295 g/mol. The van der Waals surface area contributed by atoms with Crippen LogP contribution in [0.5, 0.6) is 0 Å². The Balaban J connectivity index is 1.66. The first-order valence-corrected chi connectivity index (χ1v) is 7.39. The van der Waals surface area contributed by atoms with Crippen LogP contribution < -0.4 is 5.32 Å². The molecular formula is C16H13N3OS. The fourth-order valence-corrected chi connectivity index (χ4v) is 2.66. The highest BCUT2D eigenvalue weighted by molar-refractivity contribution is 7.14. The van der Waals surface area contributed by atoms with Gasteiger partial charge in [0.2, 0.25) is 5.91 Å². The molecule has 0 unspecified atom stereocenters. The third-order valence-electron chi connectivity index (χ3n) is 2.92. The monoisotopic (exact) mass is 295 g/mol. The summed E-state index contributed by atoms with van der Waals surface area (Å²) in [6.07, 6.45) is 3.83. The van der Waals surface area contributed by atoms with Gasteiger partial charge in [-0.1, -0.05) is 30.3 Å². The second-order valence-corrected chi connectivity index (χ2v) is 5.35. The van der Waals surface area contributed by atoms with E-state index in [0.29, 0.717) is 11.6 Å². The quantitative estimate of drug-likeness (QED) is 0.802. The SMILES string of the molecule is O=C(Cc1ccccc1)Nc1nc(-c2cccnc2)cs1. The molecule has 0 aliphatic heterocycles. The Kier molecular flexibility index (Phi) is 4.02. The number of nitrogens with zero attached hydrogens (tertiary/aromatic N) is 2. The van der Waals surface area contributed by atoms with Crippen molar-refractivity contribution < 1.29 is 4.79 Å². The van der Waals surface area contributed by atoms with Crippen LogP contribution in [0.15, 0.2) is 60.2 Å². The highest BCUT2D eigenvalue weighted by atomic mass is 32.1. The molecule has 4 nitrogen and oxygen atoms in total. The third kappa shape index (κ3) is 3.52. The Morgan fingerprint density at radius 1 is 1.14 bits per heavy atom. The first kappa shape index (κ1) is 13.5. The molecule has 1 amide bonds. The van der Waals surface area contributed by atoms with Crippen molar-refractivity contribution in [3.05, 3.63) is 65.8 Å². The molecule has 0 aliphatic carbocycles. The van der Waals surface area contributed by atoms with Crippen molar-refractivity contribution in [3.63, 3.8) is 0 Å². The number of amides is 1. The highest BCUT2D eigenvalue weighted by Crippen LogP contribution is 2.24. The van der Waals surface area contributed by atoms with Gasteiger partial charge in [0.25, 0.3) is 0 Å². The van der Waals surface area contributed by atoms with E-state index in [0.717, 1.165) is 16.8 Å². The molecule has 0 radical (unpaired) electrons. The maximum absolute atomic E-state index is 12.0. The van der Waals surface area contributed by atoms with Gasteiger partial charge in [-0.15, -0.1) is 11.3 Å². The minimum atomic E-state index is -0.0618. The molecule has 0 spiro atoms. The Hall–Kier alpha value is -2.53. The van der Waals surface area contributed by atoms with Gasteiger partial charge in [-0.25, -0.2) is 4.98 Å². The van der Waals surface area contributed by atoms with Crippen molar-refractivity contribution in [2.24, 2.45) is 0 Å². The van der Waals surface area contributed by atoms with Gasteiger partial charge >= 0.3 is 0 Å². The standard InChI is InChI=1S/C16H13N3OS/c20-15(9-12-5-2-1-3-6-12)19-16-18-14(11-21-16)13-7-4-8-17-10-13/h1-8,10-11H,9H2,(H,18,19,20).